The van der Waals surface area contributed by atoms with Crippen LogP contribution in [0.4, 0.5) is 0 Å². The molecule has 0 fully saturated rings. The van der Waals surface area contributed by atoms with Gasteiger partial charge in [0.15, 0.2) is 15.2 Å². The first-order chi connectivity index (χ1) is 7.52. The summed E-state index contributed by atoms with van der Waals surface area (Å²) in [6, 6.07) is 4.77. The van der Waals surface area contributed by atoms with Gasteiger partial charge in [-0.2, -0.15) is 0 Å². The minimum atomic E-state index is -3.51. The predicted molar refractivity (Wildman–Crippen MR) is 61.5 cm³/mol. The van der Waals surface area contributed by atoms with Crippen LogP contribution in [0.3, 0.4) is 0 Å². The summed E-state index contributed by atoms with van der Waals surface area (Å²) in [5.41, 5.74) is 2.65. The van der Waals surface area contributed by atoms with Crippen molar-refractivity contribution in [1.29, 1.82) is 0 Å². The van der Waals surface area contributed by atoms with Crippen LogP contribution < -0.4 is 5.48 Å². The molecule has 1 unspecified atom stereocenters. The lowest BCUT2D eigenvalue weighted by Gasteiger charge is -2.21. The van der Waals surface area contributed by atoms with E-state index in [1.165, 1.54) is 0 Å². The van der Waals surface area contributed by atoms with Crippen molar-refractivity contribution >= 4 is 33.0 Å². The Hall–Kier alpha value is -0.750. The van der Waals surface area contributed by atoms with Crippen LogP contribution in [0.5, 0.6) is 0 Å². The lowest BCUT2D eigenvalue weighted by molar-refractivity contribution is 0.119. The summed E-state index contributed by atoms with van der Waals surface area (Å²) < 4.78 is 23.5. The Kier molecular flexibility index (Phi) is 3.12. The van der Waals surface area contributed by atoms with E-state index in [4.69, 9.17) is 28.0 Å². The molecule has 0 aliphatic carbocycles. The molecule has 86 valence electrons. The van der Waals surface area contributed by atoms with Gasteiger partial charge in [0.25, 0.3) is 0 Å². The maximum atomic E-state index is 11.7. The van der Waals surface area contributed by atoms with E-state index in [0.717, 1.165) is 11.7 Å². The predicted octanol–water partition coefficient (Wildman–Crippen LogP) is 2.41. The van der Waals surface area contributed by atoms with E-state index in [1.54, 1.807) is 18.2 Å². The minimum Gasteiger partial charge on any atom is -0.414 e. The highest BCUT2D eigenvalue weighted by molar-refractivity contribution is 7.94. The Morgan fingerprint density at radius 2 is 1.88 bits per heavy atom. The van der Waals surface area contributed by atoms with Crippen molar-refractivity contribution in [1.82, 2.24) is 5.48 Å². The Morgan fingerprint density at radius 3 is 2.44 bits per heavy atom. The van der Waals surface area contributed by atoms with Crippen LogP contribution in [0, 0.1) is 0 Å². The molecule has 1 aromatic carbocycles. The number of hydrogen-bond donors (Lipinski definition) is 1. The van der Waals surface area contributed by atoms with E-state index >= 15 is 0 Å². The topological polar surface area (TPSA) is 55.4 Å². The van der Waals surface area contributed by atoms with E-state index < -0.39 is 15.2 Å². The zero-order chi connectivity index (χ0) is 11.8. The van der Waals surface area contributed by atoms with Gasteiger partial charge in [0.2, 0.25) is 0 Å². The molecule has 0 amide bonds. The number of benzene rings is 1. The van der Waals surface area contributed by atoms with Crippen molar-refractivity contribution in [3.05, 3.63) is 45.5 Å². The molecule has 0 spiro atoms. The van der Waals surface area contributed by atoms with Gasteiger partial charge in [0, 0.05) is 15.6 Å². The van der Waals surface area contributed by atoms with Gasteiger partial charge in [-0.15, -0.1) is 5.48 Å². The fraction of sp³-hybridized carbons (Fsp3) is 0.111. The van der Waals surface area contributed by atoms with Gasteiger partial charge in [-0.3, -0.25) is 0 Å². The monoisotopic (exact) mass is 279 g/mol. The molecular formula is C9H7Cl2NO3S. The number of sulfone groups is 1. The van der Waals surface area contributed by atoms with Crippen molar-refractivity contribution in [3.8, 4) is 0 Å². The average Bonchev–Trinajstić information content (AvgIpc) is 2.19. The molecule has 1 atom stereocenters. The molecule has 1 heterocycles. The van der Waals surface area contributed by atoms with Gasteiger partial charge in [0.1, 0.15) is 6.26 Å². The molecule has 2 rings (SSSR count). The first kappa shape index (κ1) is 11.7. The lowest BCUT2D eigenvalue weighted by Crippen LogP contribution is -2.30. The SMILES string of the molecule is O=S1(=O)C=CONC1c1c(Cl)cccc1Cl. The molecule has 0 saturated carbocycles. The number of nitrogens with one attached hydrogen (secondary N) is 1. The van der Waals surface area contributed by atoms with E-state index in [2.05, 4.69) is 5.48 Å². The summed E-state index contributed by atoms with van der Waals surface area (Å²) in [5, 5.41) is 0.423. The van der Waals surface area contributed by atoms with Crippen molar-refractivity contribution < 1.29 is 13.3 Å². The van der Waals surface area contributed by atoms with Crippen molar-refractivity contribution in [3.63, 3.8) is 0 Å². The van der Waals surface area contributed by atoms with E-state index in [9.17, 15) is 8.42 Å². The Labute approximate surface area is 103 Å². The molecule has 0 aromatic heterocycles. The van der Waals surface area contributed by atoms with Gasteiger partial charge in [0.05, 0.1) is 5.41 Å². The molecule has 1 aliphatic heterocycles. The standard InChI is InChI=1S/C9H7Cl2NO3S/c10-6-2-1-3-7(11)8(6)9-12-15-4-5-16(9,13)14/h1-5,9,12H. The van der Waals surface area contributed by atoms with Crippen LogP contribution in [0.25, 0.3) is 0 Å². The van der Waals surface area contributed by atoms with E-state index in [-0.39, 0.29) is 15.6 Å². The van der Waals surface area contributed by atoms with Gasteiger partial charge in [-0.1, -0.05) is 29.3 Å². The molecule has 1 aromatic rings. The average molecular weight is 280 g/mol. The fourth-order valence-corrected chi connectivity index (χ4v) is 3.22. The number of rotatable bonds is 1. The summed E-state index contributed by atoms with van der Waals surface area (Å²) in [6.45, 7) is 0. The number of hydroxylamine groups is 1. The smallest absolute Gasteiger partial charge is 0.198 e. The zero-order valence-electron chi connectivity index (χ0n) is 7.85. The largest absolute Gasteiger partial charge is 0.414 e. The second-order valence-electron chi connectivity index (χ2n) is 3.11. The molecule has 1 aliphatic rings. The third kappa shape index (κ3) is 2.04. The van der Waals surface area contributed by atoms with Gasteiger partial charge < -0.3 is 4.84 Å². The van der Waals surface area contributed by atoms with Crippen LogP contribution in [-0.2, 0) is 14.7 Å². The van der Waals surface area contributed by atoms with E-state index in [0.29, 0.717) is 0 Å². The Balaban J connectivity index is 2.57. The van der Waals surface area contributed by atoms with Crippen LogP contribution in [0.1, 0.15) is 10.9 Å². The highest BCUT2D eigenvalue weighted by Crippen LogP contribution is 2.34. The van der Waals surface area contributed by atoms with Crippen LogP contribution in [0.2, 0.25) is 10.0 Å². The normalized spacial score (nSPS) is 22.8. The van der Waals surface area contributed by atoms with Crippen molar-refractivity contribution in [2.75, 3.05) is 0 Å². The van der Waals surface area contributed by atoms with E-state index in [1.807, 2.05) is 0 Å². The van der Waals surface area contributed by atoms with Crippen LogP contribution in [0.15, 0.2) is 29.9 Å². The second kappa shape index (κ2) is 4.25. The van der Waals surface area contributed by atoms with Crippen molar-refractivity contribution in [2.45, 2.75) is 5.37 Å². The maximum Gasteiger partial charge on any atom is 0.198 e. The first-order valence-corrected chi connectivity index (χ1v) is 6.64. The number of hydrogen-bond acceptors (Lipinski definition) is 4. The number of halogens is 2. The third-order valence-electron chi connectivity index (χ3n) is 2.08. The highest BCUT2D eigenvalue weighted by Gasteiger charge is 2.31. The van der Waals surface area contributed by atoms with Crippen molar-refractivity contribution in [2.24, 2.45) is 0 Å². The summed E-state index contributed by atoms with van der Waals surface area (Å²) in [6.07, 6.45) is 1.05. The molecule has 0 bridgehead atoms. The Morgan fingerprint density at radius 1 is 1.25 bits per heavy atom. The quantitative estimate of drug-likeness (QED) is 0.858. The van der Waals surface area contributed by atoms with Gasteiger partial charge in [-0.25, -0.2) is 8.42 Å². The van der Waals surface area contributed by atoms with Gasteiger partial charge in [-0.05, 0) is 12.1 Å². The third-order valence-corrected chi connectivity index (χ3v) is 4.22. The minimum absolute atomic E-state index is 0.271. The Bertz CT molecular complexity index is 521. The van der Waals surface area contributed by atoms with Crippen LogP contribution >= 0.6 is 23.2 Å². The summed E-state index contributed by atoms with van der Waals surface area (Å²) >= 11 is 11.8. The first-order valence-electron chi connectivity index (χ1n) is 4.28. The molecular weight excluding hydrogens is 273 g/mol. The second-order valence-corrected chi connectivity index (χ2v) is 5.85. The zero-order valence-corrected chi connectivity index (χ0v) is 10.2. The molecule has 4 nitrogen and oxygen atoms in total. The van der Waals surface area contributed by atoms with Gasteiger partial charge >= 0.3 is 0 Å². The molecule has 0 saturated heterocycles. The summed E-state index contributed by atoms with van der Waals surface area (Å²) in [7, 11) is -3.51. The highest BCUT2D eigenvalue weighted by atomic mass is 35.5. The summed E-state index contributed by atoms with van der Waals surface area (Å²) in [4.78, 5) is 4.76. The summed E-state index contributed by atoms with van der Waals surface area (Å²) in [5.74, 6) is 0. The molecule has 0 radical (unpaired) electrons. The van der Waals surface area contributed by atoms with Crippen LogP contribution in [-0.4, -0.2) is 8.42 Å². The molecule has 16 heavy (non-hydrogen) atoms. The fourth-order valence-electron chi connectivity index (χ4n) is 1.34. The molecule has 7 heteroatoms. The molecule has 1 N–H and O–H groups in total. The lowest BCUT2D eigenvalue weighted by atomic mass is 10.2. The maximum absolute atomic E-state index is 11.7.